The van der Waals surface area contributed by atoms with Crippen LogP contribution in [0, 0.1) is 13.8 Å². The molecule has 0 unspecified atom stereocenters. The molecule has 0 aliphatic heterocycles. The Morgan fingerprint density at radius 3 is 2.32 bits per heavy atom. The number of likely N-dealkylation sites (N-methyl/N-ethyl adjacent to an activating group) is 1. The highest BCUT2D eigenvalue weighted by Crippen LogP contribution is 2.26. The molecule has 0 spiro atoms. The van der Waals surface area contributed by atoms with Crippen molar-refractivity contribution in [2.75, 3.05) is 13.6 Å². The quantitative estimate of drug-likeness (QED) is 0.613. The molecule has 0 bridgehead atoms. The van der Waals surface area contributed by atoms with Crippen LogP contribution in [-0.2, 0) is 9.59 Å². The van der Waals surface area contributed by atoms with Crippen molar-refractivity contribution in [3.8, 4) is 5.75 Å². The number of amides is 1. The second kappa shape index (κ2) is 7.95. The predicted octanol–water partition coefficient (Wildman–Crippen LogP) is 2.58. The number of phenols is 1. The number of carboxylic acids is 1. The van der Waals surface area contributed by atoms with Crippen LogP contribution in [0.2, 0.25) is 0 Å². The number of nitrogens with zero attached hydrogens (tertiary/aromatic N) is 1. The smallest absolute Gasteiger partial charge is 0.323 e. The number of thiocarbonyl (C=S) groups is 1. The molecule has 1 rings (SSSR count). The van der Waals surface area contributed by atoms with E-state index in [2.05, 4.69) is 0 Å². The largest absolute Gasteiger partial charge is 0.507 e. The number of phenolic OH excluding ortho intramolecular Hbond substituents is 1. The molecule has 0 heterocycles. The number of carboxylic acid groups (broad SMARTS) is 1. The number of hydrogen-bond donors (Lipinski definition) is 2. The number of benzene rings is 1. The van der Waals surface area contributed by atoms with Gasteiger partial charge in [0.25, 0.3) is 5.91 Å². The van der Waals surface area contributed by atoms with Crippen molar-refractivity contribution in [2.24, 2.45) is 0 Å². The molecular formula is C15H17NO4S2. The Hall–Kier alpha value is -1.86. The summed E-state index contributed by atoms with van der Waals surface area (Å²) in [6, 6.07) is 3.49. The molecule has 0 radical (unpaired) electrons. The number of carbonyl (C=O) groups is 2. The molecule has 0 aromatic heterocycles. The molecule has 0 aliphatic carbocycles. The fraction of sp³-hybridized carbons (Fsp3) is 0.267. The third-order valence-electron chi connectivity index (χ3n) is 2.92. The number of aliphatic carboxylic acids is 1. The van der Waals surface area contributed by atoms with E-state index < -0.39 is 11.9 Å². The van der Waals surface area contributed by atoms with E-state index in [1.165, 1.54) is 11.7 Å². The van der Waals surface area contributed by atoms with Crippen LogP contribution in [0.25, 0.3) is 6.08 Å². The lowest BCUT2D eigenvalue weighted by atomic mass is 10.1. The van der Waals surface area contributed by atoms with Gasteiger partial charge in [0.05, 0.1) is 4.91 Å². The summed E-state index contributed by atoms with van der Waals surface area (Å²) in [5.74, 6) is -1.29. The third-order valence-corrected chi connectivity index (χ3v) is 3.85. The summed E-state index contributed by atoms with van der Waals surface area (Å²) in [6.45, 7) is 3.15. The fourth-order valence-electron chi connectivity index (χ4n) is 1.88. The van der Waals surface area contributed by atoms with Crippen molar-refractivity contribution in [3.05, 3.63) is 33.7 Å². The number of rotatable bonds is 6. The van der Waals surface area contributed by atoms with Crippen molar-refractivity contribution in [3.63, 3.8) is 0 Å². The lowest BCUT2D eigenvalue weighted by Gasteiger charge is -2.15. The Labute approximate surface area is 138 Å². The summed E-state index contributed by atoms with van der Waals surface area (Å²) in [7, 11) is 1.42. The van der Waals surface area contributed by atoms with E-state index in [9.17, 15) is 14.7 Å². The second-order valence-corrected chi connectivity index (χ2v) is 6.23. The van der Waals surface area contributed by atoms with Crippen LogP contribution in [0.1, 0.15) is 16.7 Å². The number of aryl methyl sites for hydroxylation is 2. The normalized spacial score (nSPS) is 11.1. The Morgan fingerprint density at radius 1 is 1.32 bits per heavy atom. The zero-order valence-corrected chi connectivity index (χ0v) is 14.1. The van der Waals surface area contributed by atoms with Gasteiger partial charge in [0.1, 0.15) is 12.3 Å². The van der Waals surface area contributed by atoms with Gasteiger partial charge in [0, 0.05) is 11.7 Å². The lowest BCUT2D eigenvalue weighted by molar-refractivity contribution is -0.141. The molecule has 1 aromatic rings. The van der Waals surface area contributed by atoms with Crippen LogP contribution >= 0.6 is 24.0 Å². The van der Waals surface area contributed by atoms with Crippen LogP contribution < -0.4 is 0 Å². The van der Waals surface area contributed by atoms with Gasteiger partial charge in [-0.2, -0.15) is 0 Å². The highest BCUT2D eigenvalue weighted by Gasteiger charge is 2.17. The summed E-state index contributed by atoms with van der Waals surface area (Å²) in [5.41, 5.74) is 2.14. The first-order chi connectivity index (χ1) is 10.3. The Morgan fingerprint density at radius 2 is 1.86 bits per heavy atom. The number of thioether (sulfide) groups is 1. The molecule has 7 heteroatoms. The molecule has 0 fully saturated rings. The Balaban J connectivity index is 3.16. The van der Waals surface area contributed by atoms with Gasteiger partial charge in [-0.05, 0) is 48.7 Å². The van der Waals surface area contributed by atoms with Crippen molar-refractivity contribution >= 4 is 46.6 Å². The van der Waals surface area contributed by atoms with Crippen molar-refractivity contribution in [1.29, 1.82) is 0 Å². The zero-order chi connectivity index (χ0) is 16.9. The number of aromatic hydroxyl groups is 1. The summed E-state index contributed by atoms with van der Waals surface area (Å²) in [5, 5.41) is 18.5. The molecular weight excluding hydrogens is 322 g/mol. The van der Waals surface area contributed by atoms with E-state index in [4.69, 9.17) is 17.3 Å². The molecule has 0 saturated carbocycles. The van der Waals surface area contributed by atoms with Crippen LogP contribution in [0.4, 0.5) is 0 Å². The van der Waals surface area contributed by atoms with E-state index in [0.717, 1.165) is 22.2 Å². The predicted molar refractivity (Wildman–Crippen MR) is 92.1 cm³/mol. The van der Waals surface area contributed by atoms with Crippen LogP contribution in [-0.4, -0.2) is 45.3 Å². The molecule has 22 heavy (non-hydrogen) atoms. The molecule has 1 aromatic carbocycles. The minimum Gasteiger partial charge on any atom is -0.507 e. The van der Waals surface area contributed by atoms with Gasteiger partial charge < -0.3 is 15.1 Å². The first-order valence-corrected chi connectivity index (χ1v) is 7.70. The standard InChI is InChI=1S/C15H17NO4S2/c1-9-4-11(5-10(2)14(9)19)6-12(22-8-21)15(20)16(3)7-13(17)18/h4-6,8,19H,7H2,1-3H3,(H,17,18)/b12-6-. The molecule has 2 N–H and O–H groups in total. The van der Waals surface area contributed by atoms with E-state index in [-0.39, 0.29) is 12.3 Å². The third kappa shape index (κ3) is 4.85. The summed E-state index contributed by atoms with van der Waals surface area (Å²) in [4.78, 5) is 24.4. The lowest BCUT2D eigenvalue weighted by Crippen LogP contribution is -2.32. The van der Waals surface area contributed by atoms with Gasteiger partial charge in [-0.15, -0.1) is 0 Å². The van der Waals surface area contributed by atoms with Crippen LogP contribution in [0.15, 0.2) is 17.0 Å². The minimum atomic E-state index is -1.08. The number of carbonyl (C=O) groups excluding carboxylic acids is 1. The average Bonchev–Trinajstić information content (AvgIpc) is 2.42. The molecule has 0 saturated heterocycles. The Kier molecular flexibility index (Phi) is 6.58. The Bertz CT molecular complexity index is 617. The zero-order valence-electron chi connectivity index (χ0n) is 12.5. The van der Waals surface area contributed by atoms with Gasteiger partial charge in [0.15, 0.2) is 0 Å². The molecule has 5 nitrogen and oxygen atoms in total. The van der Waals surface area contributed by atoms with Gasteiger partial charge in [-0.1, -0.05) is 24.0 Å². The van der Waals surface area contributed by atoms with Crippen molar-refractivity contribution in [1.82, 2.24) is 4.90 Å². The second-order valence-electron chi connectivity index (χ2n) is 4.78. The van der Waals surface area contributed by atoms with E-state index >= 15 is 0 Å². The fourth-order valence-corrected chi connectivity index (χ4v) is 2.76. The minimum absolute atomic E-state index is 0.218. The van der Waals surface area contributed by atoms with Crippen molar-refractivity contribution < 1.29 is 19.8 Å². The number of hydrogen-bond acceptors (Lipinski definition) is 5. The van der Waals surface area contributed by atoms with Crippen molar-refractivity contribution in [2.45, 2.75) is 13.8 Å². The molecule has 0 atom stereocenters. The first-order valence-electron chi connectivity index (χ1n) is 6.35. The monoisotopic (exact) mass is 339 g/mol. The van der Waals surface area contributed by atoms with E-state index in [0.29, 0.717) is 16.0 Å². The molecule has 1 amide bonds. The van der Waals surface area contributed by atoms with Gasteiger partial charge in [-0.3, -0.25) is 9.59 Å². The van der Waals surface area contributed by atoms with Crippen LogP contribution in [0.3, 0.4) is 0 Å². The maximum Gasteiger partial charge on any atom is 0.323 e. The first kappa shape index (κ1) is 18.2. The van der Waals surface area contributed by atoms with E-state index in [1.807, 2.05) is 0 Å². The SMILES string of the molecule is Cc1cc(/C=C(\SC=S)C(=O)N(C)CC(=O)O)cc(C)c1O. The maximum atomic E-state index is 12.3. The highest BCUT2D eigenvalue weighted by atomic mass is 32.2. The highest BCUT2D eigenvalue weighted by molar-refractivity contribution is 8.24. The molecule has 118 valence electrons. The summed E-state index contributed by atoms with van der Waals surface area (Å²) in [6.07, 6.45) is 1.63. The van der Waals surface area contributed by atoms with Gasteiger partial charge >= 0.3 is 5.97 Å². The average molecular weight is 339 g/mol. The van der Waals surface area contributed by atoms with Gasteiger partial charge in [0.2, 0.25) is 0 Å². The summed E-state index contributed by atoms with van der Waals surface area (Å²) < 4.78 is 1.35. The maximum absolute atomic E-state index is 12.3. The summed E-state index contributed by atoms with van der Waals surface area (Å²) >= 11 is 5.84. The topological polar surface area (TPSA) is 77.8 Å². The van der Waals surface area contributed by atoms with E-state index in [1.54, 1.807) is 32.1 Å². The van der Waals surface area contributed by atoms with Crippen LogP contribution in [0.5, 0.6) is 5.75 Å². The molecule has 0 aliphatic rings. The van der Waals surface area contributed by atoms with Gasteiger partial charge in [-0.25, -0.2) is 0 Å².